The van der Waals surface area contributed by atoms with Crippen LogP contribution < -0.4 is 0 Å². The number of aliphatic hydroxyl groups is 2. The van der Waals surface area contributed by atoms with Crippen LogP contribution in [0.2, 0.25) is 0 Å². The van der Waals surface area contributed by atoms with Crippen LogP contribution in [0.5, 0.6) is 0 Å². The monoisotopic (exact) mass is 537 g/mol. The molecule has 0 aliphatic carbocycles. The van der Waals surface area contributed by atoms with Crippen LogP contribution in [0.15, 0.2) is 46.4 Å². The van der Waals surface area contributed by atoms with Gasteiger partial charge in [-0.15, -0.1) is 11.3 Å². The summed E-state index contributed by atoms with van der Waals surface area (Å²) in [6, 6.07) is 10.1. The number of hydrogen-bond acceptors (Lipinski definition) is 9. The second-order valence-corrected chi connectivity index (χ2v) is 9.60. The molecule has 1 atom stereocenters. The number of aryl methyl sites for hydroxylation is 2. The molecular formula is C24H31N3O9S. The number of carboxylic acid groups (broad SMARTS) is 3. The van der Waals surface area contributed by atoms with Gasteiger partial charge in [-0.3, -0.25) is 19.2 Å². The number of furan rings is 1. The van der Waals surface area contributed by atoms with Crippen LogP contribution in [0.3, 0.4) is 0 Å². The van der Waals surface area contributed by atoms with E-state index in [2.05, 4.69) is 27.5 Å². The first-order chi connectivity index (χ1) is 17.4. The SMILES string of the molecule is Cc1cc(C)n(CC(O)CN(Cc2ccco2)Cc2cccs2)n1.O=C(O)CC(O)(CC(=O)O)C(=O)O. The maximum absolute atomic E-state index is 10.5. The summed E-state index contributed by atoms with van der Waals surface area (Å²) in [5.41, 5.74) is -0.689. The number of thiophene rings is 1. The van der Waals surface area contributed by atoms with Gasteiger partial charge in [-0.2, -0.15) is 5.10 Å². The molecule has 0 saturated heterocycles. The third-order valence-electron chi connectivity index (χ3n) is 5.16. The topological polar surface area (TPSA) is 187 Å². The van der Waals surface area contributed by atoms with Crippen molar-refractivity contribution in [3.8, 4) is 0 Å². The van der Waals surface area contributed by atoms with Gasteiger partial charge < -0.3 is 29.9 Å². The van der Waals surface area contributed by atoms with Crippen LogP contribution in [-0.2, 0) is 34.0 Å². The predicted molar refractivity (Wildman–Crippen MR) is 132 cm³/mol. The van der Waals surface area contributed by atoms with Crippen molar-refractivity contribution < 1.29 is 44.3 Å². The zero-order chi connectivity index (χ0) is 27.6. The summed E-state index contributed by atoms with van der Waals surface area (Å²) < 4.78 is 7.34. The van der Waals surface area contributed by atoms with E-state index >= 15 is 0 Å². The molecule has 0 amide bonds. The average Bonchev–Trinajstić information content (AvgIpc) is 3.51. The maximum Gasteiger partial charge on any atom is 0.336 e. The van der Waals surface area contributed by atoms with E-state index in [4.69, 9.17) is 24.8 Å². The molecule has 0 aromatic carbocycles. The zero-order valence-electron chi connectivity index (χ0n) is 20.5. The molecule has 0 saturated carbocycles. The van der Waals surface area contributed by atoms with Gasteiger partial charge in [-0.05, 0) is 43.5 Å². The van der Waals surface area contributed by atoms with Gasteiger partial charge in [-0.1, -0.05) is 6.07 Å². The number of aliphatic carboxylic acids is 3. The molecule has 3 aromatic rings. The van der Waals surface area contributed by atoms with Crippen molar-refractivity contribution in [2.75, 3.05) is 6.54 Å². The maximum atomic E-state index is 10.5. The zero-order valence-corrected chi connectivity index (χ0v) is 21.3. The molecule has 12 nitrogen and oxygen atoms in total. The van der Waals surface area contributed by atoms with Crippen LogP contribution in [0.4, 0.5) is 0 Å². The van der Waals surface area contributed by atoms with Gasteiger partial charge in [0.25, 0.3) is 0 Å². The average molecular weight is 538 g/mol. The summed E-state index contributed by atoms with van der Waals surface area (Å²) in [6.45, 7) is 6.52. The quantitative estimate of drug-likeness (QED) is 0.214. The van der Waals surface area contributed by atoms with E-state index in [-0.39, 0.29) is 0 Å². The molecule has 0 fully saturated rings. The van der Waals surface area contributed by atoms with Gasteiger partial charge in [0.2, 0.25) is 0 Å². The number of carbonyl (C=O) groups is 3. The number of rotatable bonds is 13. The fraction of sp³-hybridized carbons (Fsp3) is 0.417. The molecule has 37 heavy (non-hydrogen) atoms. The van der Waals surface area contributed by atoms with E-state index in [9.17, 15) is 19.5 Å². The minimum Gasteiger partial charge on any atom is -0.481 e. The largest absolute Gasteiger partial charge is 0.481 e. The Hall–Kier alpha value is -3.52. The second kappa shape index (κ2) is 13.7. The van der Waals surface area contributed by atoms with E-state index < -0.39 is 42.5 Å². The molecule has 13 heteroatoms. The molecular weight excluding hydrogens is 506 g/mol. The normalized spacial score (nSPS) is 12.1. The third kappa shape index (κ3) is 10.2. The Balaban J connectivity index is 0.000000317. The van der Waals surface area contributed by atoms with Crippen molar-refractivity contribution in [1.29, 1.82) is 0 Å². The van der Waals surface area contributed by atoms with Gasteiger partial charge in [0.05, 0.1) is 44.0 Å². The molecule has 3 heterocycles. The fourth-order valence-corrected chi connectivity index (χ4v) is 4.31. The molecule has 0 aliphatic heterocycles. The molecule has 3 aromatic heterocycles. The van der Waals surface area contributed by atoms with Crippen LogP contribution in [-0.4, -0.2) is 76.4 Å². The van der Waals surface area contributed by atoms with Crippen LogP contribution in [0.1, 0.15) is 34.9 Å². The first-order valence-electron chi connectivity index (χ1n) is 11.2. The Morgan fingerprint density at radius 1 is 1.11 bits per heavy atom. The number of hydrogen-bond donors (Lipinski definition) is 5. The summed E-state index contributed by atoms with van der Waals surface area (Å²) in [7, 11) is 0. The Morgan fingerprint density at radius 3 is 2.24 bits per heavy atom. The van der Waals surface area contributed by atoms with Crippen molar-refractivity contribution >= 4 is 29.2 Å². The summed E-state index contributed by atoms with van der Waals surface area (Å²) in [4.78, 5) is 34.0. The van der Waals surface area contributed by atoms with E-state index in [1.807, 2.05) is 36.7 Å². The lowest BCUT2D eigenvalue weighted by atomic mass is 9.96. The Kier molecular flexibility index (Phi) is 11.0. The first kappa shape index (κ1) is 29.7. The van der Waals surface area contributed by atoms with Crippen molar-refractivity contribution in [3.05, 3.63) is 64.0 Å². The number of aromatic nitrogens is 2. The summed E-state index contributed by atoms with van der Waals surface area (Å²) in [5, 5.41) is 50.9. The van der Waals surface area contributed by atoms with E-state index in [1.165, 1.54) is 4.88 Å². The molecule has 3 rings (SSSR count). The Morgan fingerprint density at radius 2 is 1.78 bits per heavy atom. The van der Waals surface area contributed by atoms with Gasteiger partial charge >= 0.3 is 17.9 Å². The van der Waals surface area contributed by atoms with Crippen molar-refractivity contribution in [2.45, 2.75) is 58.0 Å². The van der Waals surface area contributed by atoms with Gasteiger partial charge in [0, 0.05) is 23.7 Å². The molecule has 1 unspecified atom stereocenters. The van der Waals surface area contributed by atoms with Gasteiger partial charge in [-0.25, -0.2) is 4.79 Å². The molecule has 5 N–H and O–H groups in total. The minimum absolute atomic E-state index is 0.488. The van der Waals surface area contributed by atoms with Crippen LogP contribution in [0.25, 0.3) is 0 Å². The Labute approximate surface area is 217 Å². The number of carboxylic acids is 3. The predicted octanol–water partition coefficient (Wildman–Crippen LogP) is 1.97. The van der Waals surface area contributed by atoms with Crippen LogP contribution in [0, 0.1) is 13.8 Å². The highest BCUT2D eigenvalue weighted by Gasteiger charge is 2.40. The smallest absolute Gasteiger partial charge is 0.336 e. The van der Waals surface area contributed by atoms with Crippen molar-refractivity contribution in [2.24, 2.45) is 0 Å². The minimum atomic E-state index is -2.74. The van der Waals surface area contributed by atoms with Crippen LogP contribution >= 0.6 is 11.3 Å². The lowest BCUT2D eigenvalue weighted by Crippen LogP contribution is -2.42. The fourth-order valence-electron chi connectivity index (χ4n) is 3.56. The molecule has 0 aliphatic rings. The second-order valence-electron chi connectivity index (χ2n) is 8.57. The molecule has 0 radical (unpaired) electrons. The highest BCUT2D eigenvalue weighted by atomic mass is 32.1. The summed E-state index contributed by atoms with van der Waals surface area (Å²) >= 11 is 1.73. The third-order valence-corrected chi connectivity index (χ3v) is 6.02. The molecule has 0 spiro atoms. The first-order valence-corrected chi connectivity index (χ1v) is 12.1. The highest BCUT2D eigenvalue weighted by Crippen LogP contribution is 2.17. The highest BCUT2D eigenvalue weighted by molar-refractivity contribution is 7.09. The van der Waals surface area contributed by atoms with E-state index in [1.54, 1.807) is 17.6 Å². The van der Waals surface area contributed by atoms with Crippen molar-refractivity contribution in [1.82, 2.24) is 14.7 Å². The van der Waals surface area contributed by atoms with E-state index in [0.29, 0.717) is 19.6 Å². The lowest BCUT2D eigenvalue weighted by molar-refractivity contribution is -0.170. The molecule has 202 valence electrons. The van der Waals surface area contributed by atoms with Crippen molar-refractivity contribution in [3.63, 3.8) is 0 Å². The summed E-state index contributed by atoms with van der Waals surface area (Å²) in [5.74, 6) is -4.11. The van der Waals surface area contributed by atoms with E-state index in [0.717, 1.165) is 23.7 Å². The molecule has 0 bridgehead atoms. The van der Waals surface area contributed by atoms with Gasteiger partial charge in [0.15, 0.2) is 5.60 Å². The number of nitrogens with zero attached hydrogens (tertiary/aromatic N) is 3. The van der Waals surface area contributed by atoms with Gasteiger partial charge in [0.1, 0.15) is 5.76 Å². The lowest BCUT2D eigenvalue weighted by Gasteiger charge is -2.24. The number of aliphatic hydroxyl groups excluding tert-OH is 1. The summed E-state index contributed by atoms with van der Waals surface area (Å²) in [6.07, 6.45) is -1.09. The Bertz CT molecular complexity index is 1090. The standard InChI is InChI=1S/C18H23N3O2S.C6H8O7/c1-14-9-15(2)21(19-14)11-16(22)10-20(12-17-5-3-7-23-17)13-18-6-4-8-24-18;7-3(8)1-6(13,5(11)12)2-4(9)10/h3-9,16,22H,10-13H2,1-2H3;13H,1-2H2,(H,7,8)(H,9,10)(H,11,12).